The second kappa shape index (κ2) is 35.1. The molecule has 4 amide bonds. The molecule has 20 nitrogen and oxygen atoms in total. The number of aromatic nitrogens is 4. The van der Waals surface area contributed by atoms with Crippen LogP contribution in [0.25, 0.3) is 90.9 Å². The molecule has 617 valence electrons. The van der Waals surface area contributed by atoms with Gasteiger partial charge in [-0.25, -0.2) is 9.97 Å². The van der Waals surface area contributed by atoms with Gasteiger partial charge < -0.3 is 50.2 Å². The smallest absolute Gasteiger partial charge is 0.657 e. The molecule has 0 saturated heterocycles. The first-order valence-electron chi connectivity index (χ1n) is 41.7. The van der Waals surface area contributed by atoms with Gasteiger partial charge in [0, 0.05) is 11.1 Å². The first kappa shape index (κ1) is 86.1. The molecule has 5 heterocycles. The number of amides is 4. The Balaban J connectivity index is 0.0000126. The van der Waals surface area contributed by atoms with E-state index >= 15 is 0 Å². The summed E-state index contributed by atoms with van der Waals surface area (Å²) in [6.45, 7) is 35.1. The zero-order valence-corrected chi connectivity index (χ0v) is 71.5. The van der Waals surface area contributed by atoms with Crippen molar-refractivity contribution >= 4 is 117 Å². The number of nitrogens with zero attached hydrogens (tertiary/aromatic N) is 4. The third kappa shape index (κ3) is 19.5. The fourth-order valence-corrected chi connectivity index (χ4v) is 15.1. The van der Waals surface area contributed by atoms with E-state index in [9.17, 15) is 38.4 Å². The number of nitrogens with one attached hydrogen (secondary N) is 4. The van der Waals surface area contributed by atoms with Crippen molar-refractivity contribution in [3.8, 4) is 44.5 Å². The van der Waals surface area contributed by atoms with E-state index in [1.165, 1.54) is 0 Å². The molecule has 4 fully saturated rings. The molecule has 2 aliphatic heterocycles. The molecular weight excluding hydrogens is 1520 g/mol. The molecule has 6 aliphatic rings. The fraction of sp³-hybridized carbons (Fsp3) is 0.458. The topological polar surface area (TPSA) is 276 Å². The summed E-state index contributed by atoms with van der Waals surface area (Å²) in [5, 5.41) is 12.9. The average Bonchev–Trinajstić information content (AvgIpc) is 1.63. The van der Waals surface area contributed by atoms with E-state index in [4.69, 9.17) is 38.9 Å². The number of fused-ring (bicyclic) bond motifs is 8. The number of carbonyl (C=O) groups is 8. The van der Waals surface area contributed by atoms with Gasteiger partial charge in [0.1, 0.15) is 0 Å². The van der Waals surface area contributed by atoms with Crippen molar-refractivity contribution in [2.45, 2.75) is 209 Å². The minimum absolute atomic E-state index is 0. The average molecular weight is 1630 g/mol. The summed E-state index contributed by atoms with van der Waals surface area (Å²) in [6.07, 6.45) is 14.9. The largest absolute Gasteiger partial charge is 2.00 e. The van der Waals surface area contributed by atoms with Crippen LogP contribution in [0.1, 0.15) is 233 Å². The number of benzene rings is 4. The van der Waals surface area contributed by atoms with Crippen LogP contribution < -0.4 is 31.2 Å². The molecule has 21 heteroatoms. The molecular formula is C96H112CoN8O12. The molecule has 117 heavy (non-hydrogen) atoms. The van der Waals surface area contributed by atoms with Crippen molar-refractivity contribution < 1.29 is 74.1 Å². The summed E-state index contributed by atoms with van der Waals surface area (Å²) in [7, 11) is 0. The quantitative estimate of drug-likeness (QED) is 0.0201. The second-order valence-electron chi connectivity index (χ2n) is 36.3. The van der Waals surface area contributed by atoms with E-state index in [1.54, 1.807) is 36.4 Å². The molecule has 4 saturated carbocycles. The fourth-order valence-electron chi connectivity index (χ4n) is 15.1. The van der Waals surface area contributed by atoms with Crippen LogP contribution in [0.4, 0.5) is 22.7 Å². The van der Waals surface area contributed by atoms with Crippen LogP contribution in [-0.4, -0.2) is 83.9 Å². The third-order valence-corrected chi connectivity index (χ3v) is 22.9. The normalized spacial score (nSPS) is 19.0. The molecule has 7 aromatic rings. The van der Waals surface area contributed by atoms with E-state index in [2.05, 4.69) is 141 Å². The number of ether oxygens (including phenoxy) is 4. The minimum atomic E-state index is -0.710. The third-order valence-electron chi connectivity index (χ3n) is 22.9. The van der Waals surface area contributed by atoms with E-state index in [0.717, 1.165) is 59.1 Å². The summed E-state index contributed by atoms with van der Waals surface area (Å²) in [5.74, 6) is -8.88. The molecule has 4 aliphatic carbocycles. The van der Waals surface area contributed by atoms with E-state index in [-0.39, 0.29) is 90.5 Å². The monoisotopic (exact) mass is 1630 g/mol. The van der Waals surface area contributed by atoms with Gasteiger partial charge in [-0.1, -0.05) is 209 Å². The first-order chi connectivity index (χ1) is 55.2. The van der Waals surface area contributed by atoms with Gasteiger partial charge in [0.25, 0.3) is 0 Å². The molecule has 4 aromatic carbocycles. The van der Waals surface area contributed by atoms with Crippen molar-refractivity contribution in [2.24, 2.45) is 47.3 Å². The van der Waals surface area contributed by atoms with Crippen LogP contribution in [0.2, 0.25) is 0 Å². The van der Waals surface area contributed by atoms with E-state index in [1.807, 2.05) is 76.3 Å². The van der Waals surface area contributed by atoms with Gasteiger partial charge in [-0.05, 0) is 177 Å². The Labute approximate surface area is 697 Å². The van der Waals surface area contributed by atoms with Crippen LogP contribution in [-0.2, 0) is 95.7 Å². The van der Waals surface area contributed by atoms with Crippen LogP contribution in [0.5, 0.6) is 0 Å². The molecule has 13 rings (SSSR count). The van der Waals surface area contributed by atoms with Gasteiger partial charge in [-0.15, -0.1) is 22.1 Å². The van der Waals surface area contributed by atoms with Crippen LogP contribution in [0, 0.1) is 47.3 Å². The Morgan fingerprint density at radius 2 is 0.564 bits per heavy atom. The summed E-state index contributed by atoms with van der Waals surface area (Å²) in [5.41, 5.74) is 11.8. The molecule has 3 aromatic heterocycles. The zero-order valence-electron chi connectivity index (χ0n) is 70.5. The van der Waals surface area contributed by atoms with Crippen molar-refractivity contribution in [1.82, 2.24) is 19.9 Å². The number of esters is 4. The molecule has 1 radical (unpaired) electrons. The standard InChI is InChI=1S/C96H114N8O12.Co/c1-17-21-39-113-89(109)63-49-59(63)85(105)101-67-27-25-28-68(102-86(106)60-50-64(60)90(110)114-40-22-18-2)81(67)83-75-35-31-71(97-75)79(53-43-55(93(5,6)7)47-56(44-53)94(8,9)10)73-33-37-77(99-73)84(78-38-34-74(100-78)80(72-32-36-76(83)98-72)54-45-57(95(11,12)13)48-58(46-54)96(14,15)16)82-69(103-87(107)61-51-65(61)91(111)115-41-23-19-3)29-26-30-70(82)104-88(108)62-52-66(62)92(112)116-42-24-20-4;/h25-38,43-48,59-66H,17-24,39-42,49-52H2,1-16H3,(H6,97,98,99,100,101,102,103,104,105,106,107,108);/q;+2/p-2/t59-,60?,61-,62?,63?,64?,65?,66?;/m0./s1. The number of carbonyl (C=O) groups excluding carboxylic acids is 8. The number of anilines is 4. The van der Waals surface area contributed by atoms with Crippen LogP contribution in [0.15, 0.2) is 97.1 Å². The zero-order chi connectivity index (χ0) is 83.0. The maximum atomic E-state index is 15.0. The number of unbranched alkanes of at least 4 members (excludes halogenated alkanes) is 4. The van der Waals surface area contributed by atoms with Crippen LogP contribution >= 0.6 is 0 Å². The Morgan fingerprint density at radius 1 is 0.333 bits per heavy atom. The molecule has 8 atom stereocenters. The summed E-state index contributed by atoms with van der Waals surface area (Å²) < 4.78 is 22.6. The maximum Gasteiger partial charge on any atom is 2.00 e. The van der Waals surface area contributed by atoms with Crippen molar-refractivity contribution in [3.63, 3.8) is 0 Å². The van der Waals surface area contributed by atoms with Gasteiger partial charge in [0.05, 0.1) is 119 Å². The summed E-state index contributed by atoms with van der Waals surface area (Å²) >= 11 is 0. The summed E-state index contributed by atoms with van der Waals surface area (Å²) in [6, 6.07) is 31.4. The number of rotatable bonds is 28. The predicted octanol–water partition coefficient (Wildman–Crippen LogP) is 19.4. The van der Waals surface area contributed by atoms with Gasteiger partial charge in [-0.3, -0.25) is 38.4 Å². The molecule has 0 spiro atoms. The first-order valence-corrected chi connectivity index (χ1v) is 41.7. The Morgan fingerprint density at radius 3 is 0.795 bits per heavy atom. The van der Waals surface area contributed by atoms with Crippen molar-refractivity contribution in [2.75, 3.05) is 47.7 Å². The second-order valence-corrected chi connectivity index (χ2v) is 36.3. The Kier molecular flexibility index (Phi) is 25.8. The molecule has 6 unspecified atom stereocenters. The predicted molar refractivity (Wildman–Crippen MR) is 458 cm³/mol. The van der Waals surface area contributed by atoms with Gasteiger partial charge in [0.2, 0.25) is 23.6 Å². The van der Waals surface area contributed by atoms with E-state index < -0.39 is 94.8 Å². The molecule has 4 N–H and O–H groups in total. The maximum absolute atomic E-state index is 15.0. The van der Waals surface area contributed by atoms with Gasteiger partial charge in [-0.2, -0.15) is 0 Å². The van der Waals surface area contributed by atoms with E-state index in [0.29, 0.717) is 127 Å². The number of hydrogen-bond donors (Lipinski definition) is 4. The Hall–Kier alpha value is -10.3. The van der Waals surface area contributed by atoms with Crippen molar-refractivity contribution in [1.29, 1.82) is 0 Å². The van der Waals surface area contributed by atoms with Crippen LogP contribution in [0.3, 0.4) is 0 Å². The number of hydrogen-bond acceptors (Lipinski definition) is 14. The van der Waals surface area contributed by atoms with Crippen molar-refractivity contribution in [3.05, 3.63) is 142 Å². The van der Waals surface area contributed by atoms with Gasteiger partial charge >= 0.3 is 40.7 Å². The SMILES string of the molecule is CCCCOC(=O)C1CC1C(=O)Nc1cccc(NC(=O)[C@H]2CC2C(=O)OCCCC)c1-c1c2nc(c(-c3cc(C(C)(C)C)cc(C(C)(C)C)c3)c3ccc([n-]3)c(-c3c(NC(=O)C4CC4C(=O)OCCCC)cccc3NC(=O)[C@H]3CC3C(=O)OCCCC)c3nc(c(-c4cc(C(C)(C)C)cc(C(C)(C)C)c4)c4ccc1[n-]4)C=C3)C=C2.[Co+2]. The minimum Gasteiger partial charge on any atom is -0.657 e. The molecule has 8 bridgehead atoms. The Bertz CT molecular complexity index is 4760. The summed E-state index contributed by atoms with van der Waals surface area (Å²) in [4.78, 5) is 137. The van der Waals surface area contributed by atoms with Gasteiger partial charge in [0.15, 0.2) is 0 Å².